The molecule has 2 aromatic rings. The lowest BCUT2D eigenvalue weighted by Gasteiger charge is -2.14. The van der Waals surface area contributed by atoms with E-state index in [1.165, 1.54) is 16.2 Å². The third-order valence-electron chi connectivity index (χ3n) is 2.68. The zero-order valence-electron chi connectivity index (χ0n) is 9.26. The SMILES string of the molecule is O=C1C(=O)N(Cc2nnc(Cl)s2)c2cccc(Br)c21. The molecule has 0 saturated heterocycles. The number of halogens is 2. The summed E-state index contributed by atoms with van der Waals surface area (Å²) in [7, 11) is 0. The van der Waals surface area contributed by atoms with Crippen LogP contribution in [0.4, 0.5) is 5.69 Å². The van der Waals surface area contributed by atoms with Gasteiger partial charge in [0.05, 0.1) is 17.8 Å². The molecule has 1 amide bonds. The van der Waals surface area contributed by atoms with Gasteiger partial charge in [0, 0.05) is 4.47 Å². The molecule has 0 saturated carbocycles. The Kier molecular flexibility index (Phi) is 3.12. The predicted molar refractivity (Wildman–Crippen MR) is 74.6 cm³/mol. The van der Waals surface area contributed by atoms with E-state index in [9.17, 15) is 9.59 Å². The van der Waals surface area contributed by atoms with E-state index in [1.807, 2.05) is 0 Å². The van der Waals surface area contributed by atoms with E-state index >= 15 is 0 Å². The zero-order valence-corrected chi connectivity index (χ0v) is 12.4. The zero-order chi connectivity index (χ0) is 13.6. The average molecular weight is 359 g/mol. The lowest BCUT2D eigenvalue weighted by atomic mass is 10.1. The van der Waals surface area contributed by atoms with Crippen LogP contribution in [0.15, 0.2) is 22.7 Å². The van der Waals surface area contributed by atoms with Crippen molar-refractivity contribution in [3.63, 3.8) is 0 Å². The maximum Gasteiger partial charge on any atom is 0.299 e. The number of anilines is 1. The van der Waals surface area contributed by atoms with Crippen LogP contribution in [0.5, 0.6) is 0 Å². The molecule has 96 valence electrons. The van der Waals surface area contributed by atoms with Gasteiger partial charge in [-0.05, 0) is 39.7 Å². The number of benzene rings is 1. The molecule has 0 aliphatic carbocycles. The molecule has 0 spiro atoms. The smallest absolute Gasteiger partial charge is 0.298 e. The lowest BCUT2D eigenvalue weighted by Crippen LogP contribution is -2.29. The summed E-state index contributed by atoms with van der Waals surface area (Å²) in [6.07, 6.45) is 0. The molecule has 0 fully saturated rings. The third kappa shape index (κ3) is 2.07. The number of fused-ring (bicyclic) bond motifs is 1. The number of aromatic nitrogens is 2. The summed E-state index contributed by atoms with van der Waals surface area (Å²) in [5.41, 5.74) is 0.971. The van der Waals surface area contributed by atoms with Crippen molar-refractivity contribution in [3.05, 3.63) is 37.7 Å². The molecule has 1 aromatic carbocycles. The molecule has 0 bridgehead atoms. The molecule has 1 aliphatic rings. The average Bonchev–Trinajstić information content (AvgIpc) is 2.88. The summed E-state index contributed by atoms with van der Waals surface area (Å²) in [5.74, 6) is -1.08. The highest BCUT2D eigenvalue weighted by Crippen LogP contribution is 2.35. The molecule has 0 atom stereocenters. The van der Waals surface area contributed by atoms with Gasteiger partial charge in [0.25, 0.3) is 11.7 Å². The van der Waals surface area contributed by atoms with Gasteiger partial charge in [-0.15, -0.1) is 10.2 Å². The number of amides is 1. The second-order valence-corrected chi connectivity index (χ2v) is 6.30. The largest absolute Gasteiger partial charge is 0.299 e. The van der Waals surface area contributed by atoms with Gasteiger partial charge in [-0.1, -0.05) is 17.4 Å². The first-order valence-electron chi connectivity index (χ1n) is 5.20. The van der Waals surface area contributed by atoms with Crippen molar-refractivity contribution in [1.82, 2.24) is 10.2 Å². The van der Waals surface area contributed by atoms with Crippen molar-refractivity contribution in [2.24, 2.45) is 0 Å². The Morgan fingerprint density at radius 1 is 1.32 bits per heavy atom. The Hall–Kier alpha value is -1.31. The topological polar surface area (TPSA) is 63.2 Å². The van der Waals surface area contributed by atoms with E-state index in [1.54, 1.807) is 18.2 Å². The van der Waals surface area contributed by atoms with Crippen LogP contribution in [0.3, 0.4) is 0 Å². The van der Waals surface area contributed by atoms with E-state index in [4.69, 9.17) is 11.6 Å². The van der Waals surface area contributed by atoms with Crippen molar-refractivity contribution in [2.75, 3.05) is 4.90 Å². The Morgan fingerprint density at radius 3 is 2.79 bits per heavy atom. The number of hydrogen-bond acceptors (Lipinski definition) is 5. The first-order valence-corrected chi connectivity index (χ1v) is 7.19. The van der Waals surface area contributed by atoms with E-state index in [0.717, 1.165) is 0 Å². The Morgan fingerprint density at radius 2 is 2.11 bits per heavy atom. The maximum atomic E-state index is 12.0. The predicted octanol–water partition coefficient (Wildman–Crippen LogP) is 2.68. The van der Waals surface area contributed by atoms with E-state index in [0.29, 0.717) is 25.2 Å². The number of rotatable bonds is 2. The molecule has 19 heavy (non-hydrogen) atoms. The Bertz CT molecular complexity index is 703. The number of carbonyl (C=O) groups excluding carboxylic acids is 2. The van der Waals surface area contributed by atoms with Gasteiger partial charge < -0.3 is 0 Å². The van der Waals surface area contributed by atoms with Gasteiger partial charge in [0.1, 0.15) is 5.01 Å². The summed E-state index contributed by atoms with van der Waals surface area (Å²) in [6.45, 7) is 0.193. The van der Waals surface area contributed by atoms with Crippen LogP contribution < -0.4 is 4.90 Å². The fourth-order valence-electron chi connectivity index (χ4n) is 1.89. The first-order chi connectivity index (χ1) is 9.08. The maximum absolute atomic E-state index is 12.0. The highest BCUT2D eigenvalue weighted by atomic mass is 79.9. The van der Waals surface area contributed by atoms with Crippen LogP contribution in [0.2, 0.25) is 4.47 Å². The molecule has 3 rings (SSSR count). The molecule has 2 heterocycles. The fraction of sp³-hybridized carbons (Fsp3) is 0.0909. The highest BCUT2D eigenvalue weighted by molar-refractivity contribution is 9.10. The van der Waals surface area contributed by atoms with E-state index < -0.39 is 11.7 Å². The van der Waals surface area contributed by atoms with Crippen molar-refractivity contribution in [1.29, 1.82) is 0 Å². The molecule has 0 radical (unpaired) electrons. The molecule has 1 aliphatic heterocycles. The third-order valence-corrected chi connectivity index (χ3v) is 4.35. The molecular formula is C11H5BrClN3O2S. The van der Waals surface area contributed by atoms with Crippen LogP contribution in [0.25, 0.3) is 0 Å². The van der Waals surface area contributed by atoms with Crippen LogP contribution in [-0.2, 0) is 11.3 Å². The monoisotopic (exact) mass is 357 g/mol. The van der Waals surface area contributed by atoms with Gasteiger partial charge in [0.2, 0.25) is 4.47 Å². The number of Topliss-reactive ketones (excluding diaryl/α,β-unsaturated/α-hetero) is 1. The summed E-state index contributed by atoms with van der Waals surface area (Å²) in [5, 5.41) is 8.11. The minimum atomic E-state index is -0.562. The second-order valence-electron chi connectivity index (χ2n) is 3.80. The number of hydrogen-bond donors (Lipinski definition) is 0. The minimum absolute atomic E-state index is 0.193. The van der Waals surface area contributed by atoms with E-state index in [-0.39, 0.29) is 6.54 Å². The molecule has 0 N–H and O–H groups in total. The van der Waals surface area contributed by atoms with E-state index in [2.05, 4.69) is 26.1 Å². The summed E-state index contributed by atoms with van der Waals surface area (Å²) >= 11 is 10.2. The standard InChI is InChI=1S/C11H5BrClN3O2S/c12-5-2-1-3-6-8(5)9(17)10(18)16(6)4-7-14-15-11(13)19-7/h1-3H,4H2. The molecule has 5 nitrogen and oxygen atoms in total. The van der Waals surface area contributed by atoms with Gasteiger partial charge in [-0.3, -0.25) is 14.5 Å². The quantitative estimate of drug-likeness (QED) is 0.774. The number of ketones is 1. The normalized spacial score (nSPS) is 14.1. The lowest BCUT2D eigenvalue weighted by molar-refractivity contribution is -0.114. The van der Waals surface area contributed by atoms with Gasteiger partial charge in [-0.2, -0.15) is 0 Å². The Labute approximate surface area is 125 Å². The molecular weight excluding hydrogens is 354 g/mol. The summed E-state index contributed by atoms with van der Waals surface area (Å²) < 4.78 is 0.920. The Balaban J connectivity index is 2.02. The van der Waals surface area contributed by atoms with Crippen LogP contribution in [-0.4, -0.2) is 21.9 Å². The van der Waals surface area contributed by atoms with Crippen LogP contribution in [0, 0.1) is 0 Å². The van der Waals surface area contributed by atoms with Crippen molar-refractivity contribution in [3.8, 4) is 0 Å². The molecule has 0 unspecified atom stereocenters. The number of carbonyl (C=O) groups is 2. The van der Waals surface area contributed by atoms with Crippen molar-refractivity contribution < 1.29 is 9.59 Å². The fourth-order valence-corrected chi connectivity index (χ4v) is 3.28. The van der Waals surface area contributed by atoms with Crippen LogP contribution in [0.1, 0.15) is 15.4 Å². The molecule has 8 heteroatoms. The summed E-state index contributed by atoms with van der Waals surface area (Å²) in [4.78, 5) is 25.3. The van der Waals surface area contributed by atoms with Crippen molar-refractivity contribution in [2.45, 2.75) is 6.54 Å². The molecule has 1 aromatic heterocycles. The van der Waals surface area contributed by atoms with Gasteiger partial charge in [0.15, 0.2) is 0 Å². The first kappa shape index (κ1) is 12.7. The minimum Gasteiger partial charge on any atom is -0.298 e. The number of nitrogens with zero attached hydrogens (tertiary/aromatic N) is 3. The van der Waals surface area contributed by atoms with Gasteiger partial charge >= 0.3 is 0 Å². The van der Waals surface area contributed by atoms with Crippen molar-refractivity contribution >= 4 is 56.2 Å². The van der Waals surface area contributed by atoms with Crippen LogP contribution >= 0.6 is 38.9 Å². The van der Waals surface area contributed by atoms with Gasteiger partial charge in [-0.25, -0.2) is 0 Å². The highest BCUT2D eigenvalue weighted by Gasteiger charge is 2.37. The summed E-state index contributed by atoms with van der Waals surface area (Å²) in [6, 6.07) is 5.23. The second kappa shape index (κ2) is 4.66.